The van der Waals surface area contributed by atoms with E-state index >= 15 is 0 Å². The average molecular weight is 195 g/mol. The topological polar surface area (TPSA) is 3.24 Å². The molecule has 0 heterocycles. The van der Waals surface area contributed by atoms with Gasteiger partial charge in [0.2, 0.25) is 0 Å². The normalized spacial score (nSPS) is 33.9. The summed E-state index contributed by atoms with van der Waals surface area (Å²) in [4.78, 5) is 2.55. The van der Waals surface area contributed by atoms with Crippen LogP contribution in [0.4, 0.5) is 0 Å². The molecule has 0 radical (unpaired) electrons. The molecule has 1 aliphatic carbocycles. The first-order valence-corrected chi connectivity index (χ1v) is 5.96. The monoisotopic (exact) mass is 195 g/mol. The zero-order valence-corrected chi connectivity index (χ0v) is 10.2. The van der Waals surface area contributed by atoms with Crippen LogP contribution in [0.1, 0.15) is 40.0 Å². The molecule has 0 amide bonds. The van der Waals surface area contributed by atoms with Gasteiger partial charge in [-0.3, -0.25) is 0 Å². The first kappa shape index (κ1) is 11.8. The van der Waals surface area contributed by atoms with Crippen LogP contribution in [0.3, 0.4) is 0 Å². The Bertz CT molecular complexity index is 188. The predicted molar refractivity (Wildman–Crippen MR) is 63.4 cm³/mol. The molecule has 0 spiro atoms. The van der Waals surface area contributed by atoms with Crippen molar-refractivity contribution < 1.29 is 0 Å². The predicted octanol–water partition coefficient (Wildman–Crippen LogP) is 3.32. The second-order valence-corrected chi connectivity index (χ2v) is 4.90. The van der Waals surface area contributed by atoms with Crippen molar-refractivity contribution in [2.75, 3.05) is 7.05 Å². The Balaban J connectivity index is 2.45. The zero-order valence-electron chi connectivity index (χ0n) is 10.2. The summed E-state index contributed by atoms with van der Waals surface area (Å²) in [5.41, 5.74) is 0. The Kier molecular flexibility index (Phi) is 4.18. The Morgan fingerprint density at radius 2 is 2.21 bits per heavy atom. The van der Waals surface area contributed by atoms with E-state index in [1.165, 1.54) is 19.3 Å². The van der Waals surface area contributed by atoms with Gasteiger partial charge < -0.3 is 4.90 Å². The van der Waals surface area contributed by atoms with Crippen molar-refractivity contribution >= 4 is 0 Å². The third kappa shape index (κ3) is 2.20. The van der Waals surface area contributed by atoms with Gasteiger partial charge >= 0.3 is 0 Å². The largest absolute Gasteiger partial charge is 0.300 e. The number of hydrogen-bond donors (Lipinski definition) is 0. The lowest BCUT2D eigenvalue weighted by atomic mass is 9.69. The van der Waals surface area contributed by atoms with Gasteiger partial charge in [0.25, 0.3) is 0 Å². The summed E-state index contributed by atoms with van der Waals surface area (Å²) in [5.74, 6) is 1.56. The second kappa shape index (κ2) is 4.97. The molecule has 0 aromatic carbocycles. The van der Waals surface area contributed by atoms with E-state index in [9.17, 15) is 0 Å². The summed E-state index contributed by atoms with van der Waals surface area (Å²) in [6, 6.07) is 1.48. The van der Waals surface area contributed by atoms with E-state index in [2.05, 4.69) is 45.4 Å². The fourth-order valence-corrected chi connectivity index (χ4v) is 2.65. The van der Waals surface area contributed by atoms with Crippen LogP contribution in [0.25, 0.3) is 0 Å². The molecule has 1 saturated carbocycles. The molecule has 0 saturated heterocycles. The van der Waals surface area contributed by atoms with E-state index in [-0.39, 0.29) is 0 Å². The third-order valence-corrected chi connectivity index (χ3v) is 3.91. The van der Waals surface area contributed by atoms with Crippen LogP contribution in [-0.4, -0.2) is 24.0 Å². The van der Waals surface area contributed by atoms with Crippen LogP contribution >= 0.6 is 0 Å². The van der Waals surface area contributed by atoms with Gasteiger partial charge in [-0.15, -0.1) is 6.58 Å². The molecule has 0 bridgehead atoms. The van der Waals surface area contributed by atoms with Crippen molar-refractivity contribution in [2.24, 2.45) is 11.8 Å². The van der Waals surface area contributed by atoms with Crippen molar-refractivity contribution in [3.63, 3.8) is 0 Å². The van der Waals surface area contributed by atoms with Crippen LogP contribution in [0.15, 0.2) is 12.7 Å². The molecule has 0 aromatic rings. The molecule has 1 nitrogen and oxygen atoms in total. The van der Waals surface area contributed by atoms with Crippen LogP contribution in [0, 0.1) is 11.8 Å². The van der Waals surface area contributed by atoms with Crippen LogP contribution in [0.5, 0.6) is 0 Å². The van der Waals surface area contributed by atoms with Gasteiger partial charge in [-0.05, 0) is 38.6 Å². The lowest BCUT2D eigenvalue weighted by Gasteiger charge is -2.48. The van der Waals surface area contributed by atoms with Crippen molar-refractivity contribution in [3.8, 4) is 0 Å². The van der Waals surface area contributed by atoms with E-state index in [0.29, 0.717) is 0 Å². The lowest BCUT2D eigenvalue weighted by Crippen LogP contribution is -2.52. The molecule has 1 aliphatic rings. The van der Waals surface area contributed by atoms with Crippen LogP contribution in [0.2, 0.25) is 0 Å². The number of nitrogens with zero attached hydrogens (tertiary/aromatic N) is 1. The molecule has 0 aliphatic heterocycles. The molecule has 14 heavy (non-hydrogen) atoms. The Labute approximate surface area is 89.2 Å². The van der Waals surface area contributed by atoms with E-state index in [0.717, 1.165) is 23.9 Å². The van der Waals surface area contributed by atoms with Gasteiger partial charge in [0.1, 0.15) is 0 Å². The second-order valence-electron chi connectivity index (χ2n) is 4.90. The third-order valence-electron chi connectivity index (χ3n) is 3.91. The Morgan fingerprint density at radius 3 is 2.64 bits per heavy atom. The fraction of sp³-hybridized carbons (Fsp3) is 0.846. The van der Waals surface area contributed by atoms with Gasteiger partial charge in [0.15, 0.2) is 0 Å². The highest BCUT2D eigenvalue weighted by molar-refractivity contribution is 5.02. The molecule has 4 unspecified atom stereocenters. The van der Waals surface area contributed by atoms with E-state index in [1.807, 2.05) is 0 Å². The summed E-state index contributed by atoms with van der Waals surface area (Å²) in [6.07, 6.45) is 6.09. The molecule has 82 valence electrons. The van der Waals surface area contributed by atoms with E-state index < -0.39 is 0 Å². The highest BCUT2D eigenvalue weighted by Crippen LogP contribution is 2.39. The summed E-state index contributed by atoms with van der Waals surface area (Å²) in [5, 5.41) is 0. The first-order chi connectivity index (χ1) is 6.61. The fourth-order valence-electron chi connectivity index (χ4n) is 2.65. The molecule has 0 aromatic heterocycles. The van der Waals surface area contributed by atoms with E-state index in [1.54, 1.807) is 0 Å². The van der Waals surface area contributed by atoms with Gasteiger partial charge in [-0.25, -0.2) is 0 Å². The lowest BCUT2D eigenvalue weighted by molar-refractivity contribution is 0.0312. The highest BCUT2D eigenvalue weighted by Gasteiger charge is 2.39. The van der Waals surface area contributed by atoms with Gasteiger partial charge in [0, 0.05) is 12.1 Å². The summed E-state index contributed by atoms with van der Waals surface area (Å²) < 4.78 is 0. The van der Waals surface area contributed by atoms with Gasteiger partial charge in [0.05, 0.1) is 0 Å². The van der Waals surface area contributed by atoms with Crippen molar-refractivity contribution in [1.82, 2.24) is 4.90 Å². The average Bonchev–Trinajstić information content (AvgIpc) is 2.14. The Hall–Kier alpha value is -0.300. The van der Waals surface area contributed by atoms with Gasteiger partial charge in [-0.1, -0.05) is 26.3 Å². The van der Waals surface area contributed by atoms with Crippen molar-refractivity contribution in [2.45, 2.75) is 52.1 Å². The molecule has 1 fully saturated rings. The minimum Gasteiger partial charge on any atom is -0.300 e. The van der Waals surface area contributed by atoms with Gasteiger partial charge in [-0.2, -0.15) is 0 Å². The van der Waals surface area contributed by atoms with Crippen molar-refractivity contribution in [3.05, 3.63) is 12.7 Å². The van der Waals surface area contributed by atoms with E-state index in [4.69, 9.17) is 0 Å². The molecule has 1 heteroatoms. The summed E-state index contributed by atoms with van der Waals surface area (Å²) in [6.45, 7) is 10.9. The summed E-state index contributed by atoms with van der Waals surface area (Å²) in [7, 11) is 2.27. The molecular formula is C13H25N. The number of hydrogen-bond acceptors (Lipinski definition) is 1. The van der Waals surface area contributed by atoms with Crippen LogP contribution in [-0.2, 0) is 0 Å². The molecule has 1 rings (SSSR count). The Morgan fingerprint density at radius 1 is 1.57 bits per heavy atom. The summed E-state index contributed by atoms with van der Waals surface area (Å²) >= 11 is 0. The zero-order chi connectivity index (χ0) is 10.7. The first-order valence-electron chi connectivity index (χ1n) is 5.96. The maximum atomic E-state index is 3.94. The maximum absolute atomic E-state index is 3.94. The quantitative estimate of drug-likeness (QED) is 0.608. The maximum Gasteiger partial charge on any atom is 0.0163 e. The standard InChI is InChI=1S/C13H25N/c1-6-8-11(4)14(5)13-9-10(3)12(13)7-2/h7,10-13H,2,6,8-9H2,1,3-5H3. The molecular weight excluding hydrogens is 170 g/mol. The minimum atomic E-state index is 0.722. The smallest absolute Gasteiger partial charge is 0.0163 e. The molecule has 4 atom stereocenters. The number of rotatable bonds is 5. The minimum absolute atomic E-state index is 0.722. The van der Waals surface area contributed by atoms with Crippen molar-refractivity contribution in [1.29, 1.82) is 0 Å². The van der Waals surface area contributed by atoms with Crippen LogP contribution < -0.4 is 0 Å². The SMILES string of the molecule is C=CC1C(C)CC1N(C)C(C)CCC. The highest BCUT2D eigenvalue weighted by atomic mass is 15.2. The molecule has 0 N–H and O–H groups in total.